The van der Waals surface area contributed by atoms with Crippen molar-refractivity contribution in [2.45, 2.75) is 19.2 Å². The minimum absolute atomic E-state index is 0.0359. The molecule has 0 atom stereocenters. The molecule has 1 rings (SSSR count). The second kappa shape index (κ2) is 5.15. The summed E-state index contributed by atoms with van der Waals surface area (Å²) in [5.74, 6) is 0.855. The minimum atomic E-state index is 0.0359. The number of benzene rings is 1. The van der Waals surface area contributed by atoms with E-state index in [4.69, 9.17) is 4.74 Å². The van der Waals surface area contributed by atoms with Gasteiger partial charge in [-0.3, -0.25) is 4.79 Å². The molecular weight excluding hydrogens is 244 g/mol. The molecule has 1 aromatic carbocycles. The fraction of sp³-hybridized carbons (Fsp3) is 0.364. The highest BCUT2D eigenvalue weighted by atomic mass is 79.9. The van der Waals surface area contributed by atoms with E-state index in [2.05, 4.69) is 15.9 Å². The number of hydrogen-bond donors (Lipinski definition) is 0. The maximum atomic E-state index is 10.8. The van der Waals surface area contributed by atoms with Crippen molar-refractivity contribution < 1.29 is 9.53 Å². The van der Waals surface area contributed by atoms with Crippen molar-refractivity contribution in [1.82, 2.24) is 0 Å². The van der Waals surface area contributed by atoms with Gasteiger partial charge in [-0.25, -0.2) is 0 Å². The van der Waals surface area contributed by atoms with Gasteiger partial charge < -0.3 is 4.74 Å². The summed E-state index contributed by atoms with van der Waals surface area (Å²) < 4.78 is 5.44. The molecule has 2 nitrogen and oxygen atoms in total. The molecule has 14 heavy (non-hydrogen) atoms. The standard InChI is InChI=1S/C11H13BrO2/c1-8-4-3-5-10(6-12)11(8)14-7-9(2)13/h3-5H,6-7H2,1-2H3. The van der Waals surface area contributed by atoms with E-state index in [0.717, 1.165) is 22.2 Å². The normalized spacial score (nSPS) is 9.93. The first-order valence-electron chi connectivity index (χ1n) is 4.42. The number of Topliss-reactive ketones (excluding diaryl/α,β-unsaturated/α-hetero) is 1. The van der Waals surface area contributed by atoms with E-state index in [0.29, 0.717) is 0 Å². The molecule has 76 valence electrons. The van der Waals surface area contributed by atoms with Crippen molar-refractivity contribution in [3.05, 3.63) is 29.3 Å². The number of hydrogen-bond acceptors (Lipinski definition) is 2. The van der Waals surface area contributed by atoms with Gasteiger partial charge in [-0.1, -0.05) is 34.1 Å². The van der Waals surface area contributed by atoms with E-state index in [1.807, 2.05) is 25.1 Å². The van der Waals surface area contributed by atoms with Crippen LogP contribution in [0.3, 0.4) is 0 Å². The first kappa shape index (κ1) is 11.2. The van der Waals surface area contributed by atoms with Gasteiger partial charge in [-0.2, -0.15) is 0 Å². The van der Waals surface area contributed by atoms with Crippen LogP contribution < -0.4 is 4.74 Å². The van der Waals surface area contributed by atoms with Gasteiger partial charge in [0.2, 0.25) is 0 Å². The summed E-state index contributed by atoms with van der Waals surface area (Å²) in [6.07, 6.45) is 0. The van der Waals surface area contributed by atoms with E-state index in [1.165, 1.54) is 6.92 Å². The quantitative estimate of drug-likeness (QED) is 0.775. The van der Waals surface area contributed by atoms with Crippen LogP contribution in [0.1, 0.15) is 18.1 Å². The van der Waals surface area contributed by atoms with Crippen LogP contribution in [0.5, 0.6) is 5.75 Å². The molecule has 0 aliphatic rings. The van der Waals surface area contributed by atoms with Crippen molar-refractivity contribution >= 4 is 21.7 Å². The zero-order valence-electron chi connectivity index (χ0n) is 8.34. The van der Waals surface area contributed by atoms with E-state index in [1.54, 1.807) is 0 Å². The third-order valence-corrected chi connectivity index (χ3v) is 2.46. The highest BCUT2D eigenvalue weighted by Crippen LogP contribution is 2.25. The zero-order chi connectivity index (χ0) is 10.6. The Balaban J connectivity index is 2.87. The number of halogens is 1. The number of rotatable bonds is 4. The Kier molecular flexibility index (Phi) is 4.14. The van der Waals surface area contributed by atoms with Crippen LogP contribution in [0.15, 0.2) is 18.2 Å². The number of carbonyl (C=O) groups excluding carboxylic acids is 1. The second-order valence-corrected chi connectivity index (χ2v) is 3.75. The number of aryl methyl sites for hydroxylation is 1. The summed E-state index contributed by atoms with van der Waals surface area (Å²) in [5, 5.41) is 0.738. The number of carbonyl (C=O) groups is 1. The van der Waals surface area contributed by atoms with E-state index in [9.17, 15) is 4.79 Å². The largest absolute Gasteiger partial charge is 0.485 e. The van der Waals surface area contributed by atoms with Crippen molar-refractivity contribution in [1.29, 1.82) is 0 Å². The molecule has 0 aliphatic carbocycles. The van der Waals surface area contributed by atoms with Crippen LogP contribution in [-0.4, -0.2) is 12.4 Å². The Hall–Kier alpha value is -0.830. The molecule has 0 bridgehead atoms. The summed E-state index contributed by atoms with van der Waals surface area (Å²) in [5.41, 5.74) is 2.13. The molecule has 0 unspecified atom stereocenters. The van der Waals surface area contributed by atoms with Crippen LogP contribution in [0.4, 0.5) is 0 Å². The Morgan fingerprint density at radius 2 is 2.21 bits per heavy atom. The summed E-state index contributed by atoms with van der Waals surface area (Å²) in [6, 6.07) is 5.94. The summed E-state index contributed by atoms with van der Waals surface area (Å²) in [7, 11) is 0. The fourth-order valence-electron chi connectivity index (χ4n) is 1.20. The number of ether oxygens (including phenoxy) is 1. The average molecular weight is 257 g/mol. The average Bonchev–Trinajstić information content (AvgIpc) is 2.15. The molecule has 0 aromatic heterocycles. The SMILES string of the molecule is CC(=O)COc1c(C)cccc1CBr. The van der Waals surface area contributed by atoms with E-state index >= 15 is 0 Å². The van der Waals surface area contributed by atoms with Gasteiger partial charge in [-0.15, -0.1) is 0 Å². The van der Waals surface area contributed by atoms with Gasteiger partial charge in [0.15, 0.2) is 5.78 Å². The molecule has 0 saturated carbocycles. The van der Waals surface area contributed by atoms with Crippen molar-refractivity contribution in [2.75, 3.05) is 6.61 Å². The van der Waals surface area contributed by atoms with Crippen molar-refractivity contribution in [3.8, 4) is 5.75 Å². The molecular formula is C11H13BrO2. The lowest BCUT2D eigenvalue weighted by Crippen LogP contribution is -2.08. The predicted molar refractivity (Wildman–Crippen MR) is 60.0 cm³/mol. The highest BCUT2D eigenvalue weighted by Gasteiger charge is 2.06. The highest BCUT2D eigenvalue weighted by molar-refractivity contribution is 9.08. The zero-order valence-corrected chi connectivity index (χ0v) is 9.93. The monoisotopic (exact) mass is 256 g/mol. The van der Waals surface area contributed by atoms with Gasteiger partial charge in [0.05, 0.1) is 0 Å². The summed E-state index contributed by atoms with van der Waals surface area (Å²) in [6.45, 7) is 3.64. The second-order valence-electron chi connectivity index (χ2n) is 3.19. The third kappa shape index (κ3) is 2.84. The van der Waals surface area contributed by atoms with Gasteiger partial charge in [-0.05, 0) is 19.4 Å². The van der Waals surface area contributed by atoms with Crippen molar-refractivity contribution in [2.24, 2.45) is 0 Å². The summed E-state index contributed by atoms with van der Waals surface area (Å²) >= 11 is 3.38. The lowest BCUT2D eigenvalue weighted by molar-refractivity contribution is -0.118. The fourth-order valence-corrected chi connectivity index (χ4v) is 1.64. The number of ketones is 1. The van der Waals surface area contributed by atoms with Gasteiger partial charge >= 0.3 is 0 Å². The molecule has 0 saturated heterocycles. The first-order valence-corrected chi connectivity index (χ1v) is 5.54. The molecule has 0 radical (unpaired) electrons. The summed E-state index contributed by atoms with van der Waals surface area (Å²) in [4.78, 5) is 10.8. The maximum Gasteiger partial charge on any atom is 0.167 e. The third-order valence-electron chi connectivity index (χ3n) is 1.86. The van der Waals surface area contributed by atoms with Gasteiger partial charge in [0.1, 0.15) is 12.4 Å². The molecule has 3 heteroatoms. The van der Waals surface area contributed by atoms with Crippen molar-refractivity contribution in [3.63, 3.8) is 0 Å². The maximum absolute atomic E-state index is 10.8. The predicted octanol–water partition coefficient (Wildman–Crippen LogP) is 2.86. The Morgan fingerprint density at radius 1 is 1.50 bits per heavy atom. The topological polar surface area (TPSA) is 26.3 Å². The first-order chi connectivity index (χ1) is 6.65. The van der Waals surface area contributed by atoms with Crippen LogP contribution in [0, 0.1) is 6.92 Å². The molecule has 0 spiro atoms. The lowest BCUT2D eigenvalue weighted by Gasteiger charge is -2.11. The van der Waals surface area contributed by atoms with E-state index < -0.39 is 0 Å². The smallest absolute Gasteiger partial charge is 0.167 e. The molecule has 0 aliphatic heterocycles. The molecule has 0 N–H and O–H groups in total. The Morgan fingerprint density at radius 3 is 2.79 bits per heavy atom. The van der Waals surface area contributed by atoms with Crippen LogP contribution in [0.2, 0.25) is 0 Å². The lowest BCUT2D eigenvalue weighted by atomic mass is 10.1. The Bertz CT molecular complexity index is 334. The van der Waals surface area contributed by atoms with Gasteiger partial charge in [0, 0.05) is 10.9 Å². The van der Waals surface area contributed by atoms with Crippen LogP contribution in [-0.2, 0) is 10.1 Å². The van der Waals surface area contributed by atoms with Crippen LogP contribution >= 0.6 is 15.9 Å². The van der Waals surface area contributed by atoms with E-state index in [-0.39, 0.29) is 12.4 Å². The molecule has 0 fully saturated rings. The molecule has 0 amide bonds. The number of para-hydroxylation sites is 1. The van der Waals surface area contributed by atoms with Gasteiger partial charge in [0.25, 0.3) is 0 Å². The molecule has 1 aromatic rings. The number of alkyl halides is 1. The van der Waals surface area contributed by atoms with Crippen LogP contribution in [0.25, 0.3) is 0 Å². The Labute approximate surface area is 92.4 Å². The minimum Gasteiger partial charge on any atom is -0.485 e. The molecule has 0 heterocycles.